The van der Waals surface area contributed by atoms with Gasteiger partial charge in [0.25, 0.3) is 0 Å². The van der Waals surface area contributed by atoms with Crippen LogP contribution in [0.5, 0.6) is 0 Å². The van der Waals surface area contributed by atoms with Crippen LogP contribution in [0, 0.1) is 5.92 Å². The molecule has 2 unspecified atom stereocenters. The van der Waals surface area contributed by atoms with E-state index >= 15 is 0 Å². The molecule has 4 heteroatoms. The predicted molar refractivity (Wildman–Crippen MR) is 84.3 cm³/mol. The van der Waals surface area contributed by atoms with Gasteiger partial charge in [0.15, 0.2) is 5.78 Å². The SMILES string of the molecule is CCOC(C(=O)C1C=CC=CC1(OC)OC)c1ccccc1. The molecule has 1 aliphatic carbocycles. The number of hydrogen-bond acceptors (Lipinski definition) is 4. The summed E-state index contributed by atoms with van der Waals surface area (Å²) in [4.78, 5) is 13.1. The number of methoxy groups -OCH3 is 2. The molecule has 0 amide bonds. The fourth-order valence-electron chi connectivity index (χ4n) is 2.67. The third-order valence-corrected chi connectivity index (χ3v) is 3.82. The Balaban J connectivity index is 2.34. The van der Waals surface area contributed by atoms with Crippen LogP contribution in [0.15, 0.2) is 54.6 Å². The van der Waals surface area contributed by atoms with Crippen molar-refractivity contribution < 1.29 is 19.0 Å². The summed E-state index contributed by atoms with van der Waals surface area (Å²) < 4.78 is 16.7. The lowest BCUT2D eigenvalue weighted by molar-refractivity contribution is -0.200. The second kappa shape index (κ2) is 7.49. The van der Waals surface area contributed by atoms with Crippen LogP contribution in [0.2, 0.25) is 0 Å². The molecule has 0 fully saturated rings. The van der Waals surface area contributed by atoms with Gasteiger partial charge < -0.3 is 14.2 Å². The number of allylic oxidation sites excluding steroid dienone is 2. The van der Waals surface area contributed by atoms with E-state index in [1.165, 1.54) is 14.2 Å². The van der Waals surface area contributed by atoms with Crippen LogP contribution in [0.3, 0.4) is 0 Å². The van der Waals surface area contributed by atoms with Crippen molar-refractivity contribution >= 4 is 5.78 Å². The number of ketones is 1. The number of benzene rings is 1. The molecule has 1 aromatic rings. The van der Waals surface area contributed by atoms with Gasteiger partial charge in [-0.2, -0.15) is 0 Å². The Labute approximate surface area is 131 Å². The largest absolute Gasteiger partial charge is 0.366 e. The fraction of sp³-hybridized carbons (Fsp3) is 0.389. The number of carbonyl (C=O) groups is 1. The summed E-state index contributed by atoms with van der Waals surface area (Å²) in [5, 5.41) is 0. The van der Waals surface area contributed by atoms with Crippen molar-refractivity contribution in [1.29, 1.82) is 0 Å². The van der Waals surface area contributed by atoms with Gasteiger partial charge in [-0.1, -0.05) is 48.6 Å². The molecule has 0 N–H and O–H groups in total. The summed E-state index contributed by atoms with van der Waals surface area (Å²) in [5.41, 5.74) is 0.832. The minimum atomic E-state index is -1.09. The van der Waals surface area contributed by atoms with E-state index in [0.717, 1.165) is 5.56 Å². The van der Waals surface area contributed by atoms with E-state index in [4.69, 9.17) is 14.2 Å². The van der Waals surface area contributed by atoms with Crippen molar-refractivity contribution in [3.8, 4) is 0 Å². The van der Waals surface area contributed by atoms with Gasteiger partial charge in [-0.25, -0.2) is 0 Å². The molecule has 2 rings (SSSR count). The summed E-state index contributed by atoms with van der Waals surface area (Å²) in [5.74, 6) is -1.74. The second-order valence-corrected chi connectivity index (χ2v) is 5.00. The standard InChI is InChI=1S/C18H22O4/c1-4-22-17(14-10-6-5-7-11-14)16(19)15-12-8-9-13-18(15,20-2)21-3/h5-13,15,17H,4H2,1-3H3. The van der Waals surface area contributed by atoms with Gasteiger partial charge in [0.05, 0.1) is 5.92 Å². The van der Waals surface area contributed by atoms with Crippen LogP contribution in [0.4, 0.5) is 0 Å². The third kappa shape index (κ3) is 3.19. The minimum Gasteiger partial charge on any atom is -0.366 e. The van der Waals surface area contributed by atoms with Crippen molar-refractivity contribution in [3.05, 3.63) is 60.2 Å². The lowest BCUT2D eigenvalue weighted by Crippen LogP contribution is -2.46. The molecular formula is C18H22O4. The van der Waals surface area contributed by atoms with Gasteiger partial charge in [0.2, 0.25) is 5.79 Å². The van der Waals surface area contributed by atoms with Gasteiger partial charge in [-0.15, -0.1) is 0 Å². The van der Waals surface area contributed by atoms with Crippen molar-refractivity contribution in [2.75, 3.05) is 20.8 Å². The maximum atomic E-state index is 13.1. The zero-order chi connectivity index (χ0) is 16.0. The Morgan fingerprint density at radius 2 is 1.86 bits per heavy atom. The van der Waals surface area contributed by atoms with Crippen LogP contribution in [0.1, 0.15) is 18.6 Å². The third-order valence-electron chi connectivity index (χ3n) is 3.82. The van der Waals surface area contributed by atoms with E-state index in [1.807, 2.05) is 49.4 Å². The molecule has 4 nitrogen and oxygen atoms in total. The molecular weight excluding hydrogens is 280 g/mol. The molecule has 0 aliphatic heterocycles. The first-order valence-corrected chi connectivity index (χ1v) is 7.35. The molecule has 0 radical (unpaired) electrons. The van der Waals surface area contributed by atoms with E-state index in [1.54, 1.807) is 12.2 Å². The van der Waals surface area contributed by atoms with Gasteiger partial charge in [-0.3, -0.25) is 4.79 Å². The molecule has 0 saturated heterocycles. The number of rotatable bonds is 7. The van der Waals surface area contributed by atoms with E-state index in [-0.39, 0.29) is 5.78 Å². The van der Waals surface area contributed by atoms with Gasteiger partial charge in [0.1, 0.15) is 6.10 Å². The van der Waals surface area contributed by atoms with Gasteiger partial charge in [-0.05, 0) is 18.6 Å². The van der Waals surface area contributed by atoms with E-state index in [2.05, 4.69) is 0 Å². The Morgan fingerprint density at radius 1 is 1.18 bits per heavy atom. The normalized spacial score (nSPS) is 20.8. The zero-order valence-corrected chi connectivity index (χ0v) is 13.2. The Kier molecular flexibility index (Phi) is 5.66. The van der Waals surface area contributed by atoms with E-state index in [9.17, 15) is 4.79 Å². The molecule has 118 valence electrons. The maximum Gasteiger partial charge on any atom is 0.201 e. The van der Waals surface area contributed by atoms with Crippen LogP contribution in [0.25, 0.3) is 0 Å². The topological polar surface area (TPSA) is 44.8 Å². The Morgan fingerprint density at radius 3 is 2.45 bits per heavy atom. The molecule has 0 aromatic heterocycles. The fourth-order valence-corrected chi connectivity index (χ4v) is 2.67. The smallest absolute Gasteiger partial charge is 0.201 e. The van der Waals surface area contributed by atoms with E-state index < -0.39 is 17.8 Å². The monoisotopic (exact) mass is 302 g/mol. The molecule has 22 heavy (non-hydrogen) atoms. The summed E-state index contributed by atoms with van der Waals surface area (Å²) in [7, 11) is 3.07. The van der Waals surface area contributed by atoms with Crippen LogP contribution in [-0.4, -0.2) is 32.4 Å². The molecule has 0 bridgehead atoms. The second-order valence-electron chi connectivity index (χ2n) is 5.00. The highest BCUT2D eigenvalue weighted by Gasteiger charge is 2.44. The molecule has 0 heterocycles. The van der Waals surface area contributed by atoms with Crippen LogP contribution >= 0.6 is 0 Å². The zero-order valence-electron chi connectivity index (χ0n) is 13.2. The van der Waals surface area contributed by atoms with Gasteiger partial charge >= 0.3 is 0 Å². The average molecular weight is 302 g/mol. The number of hydrogen-bond donors (Lipinski definition) is 0. The molecule has 0 spiro atoms. The van der Waals surface area contributed by atoms with Gasteiger partial charge in [0, 0.05) is 20.8 Å². The lowest BCUT2D eigenvalue weighted by Gasteiger charge is -2.36. The van der Waals surface area contributed by atoms with Crippen molar-refractivity contribution in [2.45, 2.75) is 18.8 Å². The quantitative estimate of drug-likeness (QED) is 0.726. The van der Waals surface area contributed by atoms with Crippen molar-refractivity contribution in [1.82, 2.24) is 0 Å². The predicted octanol–water partition coefficient (Wildman–Crippen LogP) is 3.06. The lowest BCUT2D eigenvalue weighted by atomic mass is 9.85. The molecule has 1 aromatic carbocycles. The Bertz CT molecular complexity index is 543. The first kappa shape index (κ1) is 16.6. The van der Waals surface area contributed by atoms with Crippen LogP contribution in [-0.2, 0) is 19.0 Å². The number of ether oxygens (including phenoxy) is 3. The summed E-state index contributed by atoms with van der Waals surface area (Å²) in [6, 6.07) is 9.48. The molecule has 0 saturated carbocycles. The van der Waals surface area contributed by atoms with E-state index in [0.29, 0.717) is 6.61 Å². The highest BCUT2D eigenvalue weighted by atomic mass is 16.7. The van der Waals surface area contributed by atoms with Crippen molar-refractivity contribution in [3.63, 3.8) is 0 Å². The van der Waals surface area contributed by atoms with Crippen LogP contribution < -0.4 is 0 Å². The average Bonchev–Trinajstić information content (AvgIpc) is 2.59. The first-order chi connectivity index (χ1) is 10.7. The van der Waals surface area contributed by atoms with Crippen molar-refractivity contribution in [2.24, 2.45) is 5.92 Å². The summed E-state index contributed by atoms with van der Waals surface area (Å²) in [6.07, 6.45) is 6.55. The highest BCUT2D eigenvalue weighted by molar-refractivity contribution is 5.89. The Hall–Kier alpha value is -1.75. The number of carbonyl (C=O) groups excluding carboxylic acids is 1. The summed E-state index contributed by atoms with van der Waals surface area (Å²) >= 11 is 0. The molecule has 2 atom stereocenters. The summed E-state index contributed by atoms with van der Waals surface area (Å²) in [6.45, 7) is 2.32. The minimum absolute atomic E-state index is 0.0858. The number of Topliss-reactive ketones (excluding diaryl/α,β-unsaturated/α-hetero) is 1. The maximum absolute atomic E-state index is 13.1. The molecule has 1 aliphatic rings. The highest BCUT2D eigenvalue weighted by Crippen LogP contribution is 2.34. The first-order valence-electron chi connectivity index (χ1n) is 7.35.